The molecule has 6 heteroatoms. The summed E-state index contributed by atoms with van der Waals surface area (Å²) in [5, 5.41) is 4.03. The maximum Gasteiger partial charge on any atom is 0.244 e. The van der Waals surface area contributed by atoms with E-state index in [4.69, 9.17) is 4.74 Å². The van der Waals surface area contributed by atoms with E-state index in [1.54, 1.807) is 6.21 Å². The number of nitrogens with zero attached hydrogens (tertiary/aromatic N) is 1. The highest BCUT2D eigenvalue weighted by atomic mass is 79.9. The molecule has 24 heavy (non-hydrogen) atoms. The van der Waals surface area contributed by atoms with E-state index in [0.29, 0.717) is 6.61 Å². The quantitative estimate of drug-likeness (QED) is 0.488. The Bertz CT molecular complexity index is 715. The summed E-state index contributed by atoms with van der Waals surface area (Å²) >= 11 is 6.80. The minimum absolute atomic E-state index is 0.167. The van der Waals surface area contributed by atoms with E-state index in [2.05, 4.69) is 49.3 Å². The van der Waals surface area contributed by atoms with Gasteiger partial charge in [0.15, 0.2) is 0 Å². The Morgan fingerprint density at radius 1 is 1.17 bits per heavy atom. The van der Waals surface area contributed by atoms with Crippen molar-refractivity contribution in [1.82, 2.24) is 5.43 Å². The monoisotopic (exact) mass is 452 g/mol. The van der Waals surface area contributed by atoms with Crippen LogP contribution in [-0.2, 0) is 11.2 Å². The Labute approximate surface area is 158 Å². The maximum atomic E-state index is 11.9. The first-order chi connectivity index (χ1) is 11.6. The molecule has 4 nitrogen and oxygen atoms in total. The molecule has 126 valence electrons. The fourth-order valence-electron chi connectivity index (χ4n) is 1.96. The van der Waals surface area contributed by atoms with Crippen LogP contribution in [0, 0.1) is 0 Å². The van der Waals surface area contributed by atoms with Crippen molar-refractivity contribution in [1.29, 1.82) is 0 Å². The molecule has 2 aromatic carbocycles. The van der Waals surface area contributed by atoms with Crippen LogP contribution in [0.2, 0.25) is 0 Å². The number of hydrogen-bond acceptors (Lipinski definition) is 3. The number of ether oxygens (including phenoxy) is 1. The highest BCUT2D eigenvalue weighted by Crippen LogP contribution is 2.22. The molecule has 0 radical (unpaired) electrons. The lowest BCUT2D eigenvalue weighted by molar-refractivity contribution is -0.120. The van der Waals surface area contributed by atoms with Gasteiger partial charge in [-0.25, -0.2) is 5.43 Å². The normalized spacial score (nSPS) is 10.8. The van der Waals surface area contributed by atoms with E-state index >= 15 is 0 Å². The van der Waals surface area contributed by atoms with Gasteiger partial charge in [0.05, 0.1) is 19.2 Å². The Balaban J connectivity index is 1.96. The van der Waals surface area contributed by atoms with Gasteiger partial charge < -0.3 is 4.74 Å². The molecule has 0 fully saturated rings. The van der Waals surface area contributed by atoms with Gasteiger partial charge in [0.2, 0.25) is 5.91 Å². The molecule has 0 atom stereocenters. The van der Waals surface area contributed by atoms with Gasteiger partial charge in [0.25, 0.3) is 0 Å². The van der Waals surface area contributed by atoms with Crippen molar-refractivity contribution in [3.05, 3.63) is 62.5 Å². The van der Waals surface area contributed by atoms with E-state index < -0.39 is 0 Å². The lowest BCUT2D eigenvalue weighted by Gasteiger charge is -2.08. The molecule has 0 spiro atoms. The molecule has 2 aromatic rings. The summed E-state index contributed by atoms with van der Waals surface area (Å²) < 4.78 is 7.59. The average molecular weight is 454 g/mol. The van der Waals surface area contributed by atoms with Gasteiger partial charge in [0.1, 0.15) is 5.75 Å². The number of hydrazone groups is 1. The summed E-state index contributed by atoms with van der Waals surface area (Å²) in [6.45, 7) is 2.69. The molecule has 1 amide bonds. The van der Waals surface area contributed by atoms with Gasteiger partial charge in [-0.3, -0.25) is 4.79 Å². The largest absolute Gasteiger partial charge is 0.493 e. The summed E-state index contributed by atoms with van der Waals surface area (Å²) in [5.41, 5.74) is 4.28. The lowest BCUT2D eigenvalue weighted by Crippen LogP contribution is -2.19. The standard InChI is InChI=1S/C18H18Br2N2O2/c1-2-9-24-17-8-7-16(20)11-14(17)12-21-22-18(23)10-13-3-5-15(19)6-4-13/h3-8,11-12H,2,9-10H2,1H3,(H,22,23)/b21-12+. The predicted octanol–water partition coefficient (Wildman–Crippen LogP) is 4.69. The van der Waals surface area contributed by atoms with Crippen LogP contribution in [0.5, 0.6) is 5.75 Å². The van der Waals surface area contributed by atoms with Crippen molar-refractivity contribution >= 4 is 44.0 Å². The molecule has 0 aliphatic carbocycles. The average Bonchev–Trinajstić information content (AvgIpc) is 2.56. The van der Waals surface area contributed by atoms with Crippen molar-refractivity contribution in [2.75, 3.05) is 6.61 Å². The fraction of sp³-hybridized carbons (Fsp3) is 0.222. The molecule has 0 aliphatic heterocycles. The molecule has 0 unspecified atom stereocenters. The van der Waals surface area contributed by atoms with Crippen LogP contribution in [0.25, 0.3) is 0 Å². The second-order valence-corrected chi connectivity index (χ2v) is 6.96. The SMILES string of the molecule is CCCOc1ccc(Br)cc1/C=N/NC(=O)Cc1ccc(Br)cc1. The predicted molar refractivity (Wildman–Crippen MR) is 104 cm³/mol. The first-order valence-electron chi connectivity index (χ1n) is 7.57. The molecule has 0 saturated heterocycles. The fourth-order valence-corrected chi connectivity index (χ4v) is 2.61. The maximum absolute atomic E-state index is 11.9. The van der Waals surface area contributed by atoms with Gasteiger partial charge in [-0.1, -0.05) is 50.9 Å². The number of amides is 1. The van der Waals surface area contributed by atoms with Crippen LogP contribution in [0.1, 0.15) is 24.5 Å². The van der Waals surface area contributed by atoms with Gasteiger partial charge in [-0.15, -0.1) is 0 Å². The summed E-state index contributed by atoms with van der Waals surface area (Å²) in [7, 11) is 0. The van der Waals surface area contributed by atoms with Crippen LogP contribution >= 0.6 is 31.9 Å². The first-order valence-corrected chi connectivity index (χ1v) is 9.15. The molecule has 0 aromatic heterocycles. The molecule has 1 N–H and O–H groups in total. The van der Waals surface area contributed by atoms with Crippen molar-refractivity contribution in [3.8, 4) is 5.75 Å². The van der Waals surface area contributed by atoms with E-state index in [1.807, 2.05) is 42.5 Å². The van der Waals surface area contributed by atoms with Gasteiger partial charge in [-0.2, -0.15) is 5.10 Å². The highest BCUT2D eigenvalue weighted by Gasteiger charge is 2.04. The Morgan fingerprint density at radius 3 is 2.58 bits per heavy atom. The zero-order chi connectivity index (χ0) is 17.4. The molecule has 2 rings (SSSR count). The number of hydrogen-bond donors (Lipinski definition) is 1. The van der Waals surface area contributed by atoms with E-state index in [0.717, 1.165) is 32.2 Å². The third kappa shape index (κ3) is 6.09. The number of halogens is 2. The van der Waals surface area contributed by atoms with Crippen molar-refractivity contribution in [2.24, 2.45) is 5.10 Å². The second kappa shape index (κ2) is 9.59. The van der Waals surface area contributed by atoms with Crippen LogP contribution in [0.3, 0.4) is 0 Å². The van der Waals surface area contributed by atoms with Gasteiger partial charge >= 0.3 is 0 Å². The summed E-state index contributed by atoms with van der Waals surface area (Å²) in [6, 6.07) is 13.3. The Hall–Kier alpha value is -1.66. The zero-order valence-electron chi connectivity index (χ0n) is 13.3. The van der Waals surface area contributed by atoms with E-state index in [9.17, 15) is 4.79 Å². The second-order valence-electron chi connectivity index (χ2n) is 5.13. The third-order valence-electron chi connectivity index (χ3n) is 3.10. The van der Waals surface area contributed by atoms with Crippen molar-refractivity contribution < 1.29 is 9.53 Å². The molecule has 0 aliphatic rings. The van der Waals surface area contributed by atoms with Crippen molar-refractivity contribution in [3.63, 3.8) is 0 Å². The number of carbonyl (C=O) groups excluding carboxylic acids is 1. The van der Waals surface area contributed by atoms with Gasteiger partial charge in [0, 0.05) is 14.5 Å². The lowest BCUT2D eigenvalue weighted by atomic mass is 10.1. The zero-order valence-corrected chi connectivity index (χ0v) is 16.4. The number of carbonyl (C=O) groups is 1. The number of rotatable bonds is 7. The summed E-state index contributed by atoms with van der Waals surface area (Å²) in [5.74, 6) is 0.575. The highest BCUT2D eigenvalue weighted by molar-refractivity contribution is 9.10. The Kier molecular flexibility index (Phi) is 7.46. The minimum Gasteiger partial charge on any atom is -0.493 e. The van der Waals surface area contributed by atoms with Gasteiger partial charge in [-0.05, 0) is 42.3 Å². The van der Waals surface area contributed by atoms with Crippen LogP contribution in [0.15, 0.2) is 56.5 Å². The number of benzene rings is 2. The number of nitrogens with one attached hydrogen (secondary N) is 1. The smallest absolute Gasteiger partial charge is 0.244 e. The molecular weight excluding hydrogens is 436 g/mol. The third-order valence-corrected chi connectivity index (χ3v) is 4.13. The molecule has 0 heterocycles. The van der Waals surface area contributed by atoms with E-state index in [-0.39, 0.29) is 12.3 Å². The van der Waals surface area contributed by atoms with Crippen molar-refractivity contribution in [2.45, 2.75) is 19.8 Å². The summed E-state index contributed by atoms with van der Waals surface area (Å²) in [4.78, 5) is 11.9. The molecule has 0 bridgehead atoms. The minimum atomic E-state index is -0.167. The van der Waals surface area contributed by atoms with Crippen LogP contribution in [-0.4, -0.2) is 18.7 Å². The molecule has 0 saturated carbocycles. The first kappa shape index (κ1) is 18.7. The topological polar surface area (TPSA) is 50.7 Å². The Morgan fingerprint density at radius 2 is 1.88 bits per heavy atom. The molecular formula is C18H18Br2N2O2. The van der Waals surface area contributed by atoms with E-state index in [1.165, 1.54) is 0 Å². The van der Waals surface area contributed by atoms with Crippen LogP contribution in [0.4, 0.5) is 0 Å². The summed E-state index contributed by atoms with van der Waals surface area (Å²) in [6.07, 6.45) is 2.80. The van der Waals surface area contributed by atoms with Crippen LogP contribution < -0.4 is 10.2 Å².